The predicted octanol–water partition coefficient (Wildman–Crippen LogP) is 1.49. The van der Waals surface area contributed by atoms with Gasteiger partial charge in [-0.2, -0.15) is 0 Å². The standard InChI is InChI=1S/C15H24N2O3/c1-10-7-17(9-12(10)16)8-11-5-6-13(18-2)15(20-4)14(11)19-3/h5-6,10,12H,7-9,16H2,1-4H3. The minimum Gasteiger partial charge on any atom is -0.493 e. The molecule has 1 aromatic carbocycles. The third kappa shape index (κ3) is 2.83. The Morgan fingerprint density at radius 2 is 1.80 bits per heavy atom. The van der Waals surface area contributed by atoms with E-state index >= 15 is 0 Å². The fourth-order valence-electron chi connectivity index (χ4n) is 2.75. The number of nitrogens with two attached hydrogens (primary N) is 1. The minimum atomic E-state index is 0.251. The highest BCUT2D eigenvalue weighted by Gasteiger charge is 2.27. The molecule has 0 bridgehead atoms. The van der Waals surface area contributed by atoms with Crippen LogP contribution in [0.25, 0.3) is 0 Å². The van der Waals surface area contributed by atoms with Crippen molar-refractivity contribution in [3.05, 3.63) is 17.7 Å². The highest BCUT2D eigenvalue weighted by atomic mass is 16.5. The van der Waals surface area contributed by atoms with Crippen LogP contribution >= 0.6 is 0 Å². The summed E-state index contributed by atoms with van der Waals surface area (Å²) in [6.07, 6.45) is 0. The van der Waals surface area contributed by atoms with Crippen molar-refractivity contribution in [1.29, 1.82) is 0 Å². The summed E-state index contributed by atoms with van der Waals surface area (Å²) in [5, 5.41) is 0. The Labute approximate surface area is 120 Å². The molecule has 0 spiro atoms. The Morgan fingerprint density at radius 3 is 2.30 bits per heavy atom. The molecule has 20 heavy (non-hydrogen) atoms. The molecule has 1 aromatic rings. The van der Waals surface area contributed by atoms with Crippen molar-refractivity contribution in [1.82, 2.24) is 4.90 Å². The van der Waals surface area contributed by atoms with Crippen LogP contribution < -0.4 is 19.9 Å². The molecule has 1 saturated heterocycles. The summed E-state index contributed by atoms with van der Waals surface area (Å²) < 4.78 is 16.2. The molecule has 2 atom stereocenters. The molecule has 2 N–H and O–H groups in total. The van der Waals surface area contributed by atoms with Gasteiger partial charge in [-0.1, -0.05) is 13.0 Å². The molecule has 1 aliphatic rings. The van der Waals surface area contributed by atoms with E-state index in [4.69, 9.17) is 19.9 Å². The Kier molecular flexibility index (Phi) is 4.73. The van der Waals surface area contributed by atoms with E-state index in [1.807, 2.05) is 12.1 Å². The zero-order valence-electron chi connectivity index (χ0n) is 12.7. The monoisotopic (exact) mass is 280 g/mol. The minimum absolute atomic E-state index is 0.251. The molecule has 0 aromatic heterocycles. The summed E-state index contributed by atoms with van der Waals surface area (Å²) in [6, 6.07) is 4.19. The van der Waals surface area contributed by atoms with E-state index in [0.29, 0.717) is 17.4 Å². The van der Waals surface area contributed by atoms with Gasteiger partial charge < -0.3 is 19.9 Å². The lowest BCUT2D eigenvalue weighted by Crippen LogP contribution is -2.28. The van der Waals surface area contributed by atoms with Gasteiger partial charge in [0.15, 0.2) is 11.5 Å². The molecular weight excluding hydrogens is 256 g/mol. The molecule has 1 heterocycles. The van der Waals surface area contributed by atoms with Gasteiger partial charge in [0.25, 0.3) is 0 Å². The SMILES string of the molecule is COc1ccc(CN2CC(C)C(N)C2)c(OC)c1OC. The maximum absolute atomic E-state index is 6.08. The number of nitrogens with zero attached hydrogens (tertiary/aromatic N) is 1. The van der Waals surface area contributed by atoms with Gasteiger partial charge in [0.2, 0.25) is 5.75 Å². The van der Waals surface area contributed by atoms with Gasteiger partial charge >= 0.3 is 0 Å². The fourth-order valence-corrected chi connectivity index (χ4v) is 2.75. The molecule has 5 nitrogen and oxygen atoms in total. The van der Waals surface area contributed by atoms with Crippen LogP contribution in [0.15, 0.2) is 12.1 Å². The number of hydrogen-bond donors (Lipinski definition) is 1. The van der Waals surface area contributed by atoms with Gasteiger partial charge in [-0.3, -0.25) is 4.90 Å². The van der Waals surface area contributed by atoms with Crippen molar-refractivity contribution >= 4 is 0 Å². The van der Waals surface area contributed by atoms with Crippen LogP contribution in [-0.4, -0.2) is 45.4 Å². The quantitative estimate of drug-likeness (QED) is 0.885. The summed E-state index contributed by atoms with van der Waals surface area (Å²) in [4.78, 5) is 2.35. The molecular formula is C15H24N2O3. The van der Waals surface area contributed by atoms with Crippen molar-refractivity contribution in [3.63, 3.8) is 0 Å². The highest BCUT2D eigenvalue weighted by Crippen LogP contribution is 2.40. The first-order valence-electron chi connectivity index (χ1n) is 6.86. The second-order valence-electron chi connectivity index (χ2n) is 5.33. The number of benzene rings is 1. The molecule has 2 unspecified atom stereocenters. The van der Waals surface area contributed by atoms with Crippen molar-refractivity contribution < 1.29 is 14.2 Å². The van der Waals surface area contributed by atoms with Crippen molar-refractivity contribution in [2.45, 2.75) is 19.5 Å². The predicted molar refractivity (Wildman–Crippen MR) is 78.5 cm³/mol. The van der Waals surface area contributed by atoms with Crippen LogP contribution in [-0.2, 0) is 6.54 Å². The van der Waals surface area contributed by atoms with E-state index in [9.17, 15) is 0 Å². The van der Waals surface area contributed by atoms with E-state index in [1.165, 1.54) is 0 Å². The first-order valence-corrected chi connectivity index (χ1v) is 6.86. The van der Waals surface area contributed by atoms with Crippen LogP contribution in [0.5, 0.6) is 17.2 Å². The van der Waals surface area contributed by atoms with Gasteiger partial charge in [0.1, 0.15) is 0 Å². The van der Waals surface area contributed by atoms with Gasteiger partial charge in [-0.05, 0) is 12.0 Å². The number of likely N-dealkylation sites (tertiary alicyclic amines) is 1. The van der Waals surface area contributed by atoms with E-state index in [0.717, 1.165) is 30.9 Å². The number of hydrogen-bond acceptors (Lipinski definition) is 5. The van der Waals surface area contributed by atoms with Gasteiger partial charge in [0.05, 0.1) is 21.3 Å². The Bertz CT molecular complexity index is 455. The average Bonchev–Trinajstić information content (AvgIpc) is 2.76. The highest BCUT2D eigenvalue weighted by molar-refractivity contribution is 5.55. The van der Waals surface area contributed by atoms with Crippen LogP contribution in [0.3, 0.4) is 0 Å². The molecule has 5 heteroatoms. The maximum atomic E-state index is 6.08. The first kappa shape index (κ1) is 14.9. The molecule has 1 fully saturated rings. The van der Waals surface area contributed by atoms with E-state index in [-0.39, 0.29) is 6.04 Å². The topological polar surface area (TPSA) is 57.0 Å². The van der Waals surface area contributed by atoms with Gasteiger partial charge in [0, 0.05) is 31.2 Å². The van der Waals surface area contributed by atoms with Gasteiger partial charge in [-0.25, -0.2) is 0 Å². The van der Waals surface area contributed by atoms with Crippen molar-refractivity contribution in [2.24, 2.45) is 11.7 Å². The lowest BCUT2D eigenvalue weighted by molar-refractivity contribution is 0.296. The van der Waals surface area contributed by atoms with Crippen LogP contribution in [0.2, 0.25) is 0 Å². The Hall–Kier alpha value is -1.46. The van der Waals surface area contributed by atoms with Gasteiger partial charge in [-0.15, -0.1) is 0 Å². The molecule has 112 valence electrons. The second kappa shape index (κ2) is 6.33. The lowest BCUT2D eigenvalue weighted by Gasteiger charge is -2.20. The largest absolute Gasteiger partial charge is 0.493 e. The molecule has 0 aliphatic carbocycles. The molecule has 1 aliphatic heterocycles. The van der Waals surface area contributed by atoms with E-state index in [1.54, 1.807) is 21.3 Å². The average molecular weight is 280 g/mol. The van der Waals surface area contributed by atoms with Crippen LogP contribution in [0, 0.1) is 5.92 Å². The molecule has 2 rings (SSSR count). The smallest absolute Gasteiger partial charge is 0.203 e. The number of methoxy groups -OCH3 is 3. The number of rotatable bonds is 5. The summed E-state index contributed by atoms with van der Waals surface area (Å²) in [6.45, 7) is 4.93. The van der Waals surface area contributed by atoms with Crippen LogP contribution in [0.4, 0.5) is 0 Å². The molecule has 0 saturated carbocycles. The maximum Gasteiger partial charge on any atom is 0.203 e. The molecule has 0 amide bonds. The summed E-state index contributed by atoms with van der Waals surface area (Å²) in [5.74, 6) is 2.59. The third-order valence-electron chi connectivity index (χ3n) is 3.93. The fraction of sp³-hybridized carbons (Fsp3) is 0.600. The first-order chi connectivity index (χ1) is 9.60. The third-order valence-corrected chi connectivity index (χ3v) is 3.93. The summed E-state index contributed by atoms with van der Waals surface area (Å²) in [7, 11) is 4.90. The Morgan fingerprint density at radius 1 is 1.10 bits per heavy atom. The van der Waals surface area contributed by atoms with E-state index < -0.39 is 0 Å². The summed E-state index contributed by atoms with van der Waals surface area (Å²) >= 11 is 0. The number of ether oxygens (including phenoxy) is 3. The second-order valence-corrected chi connectivity index (χ2v) is 5.33. The zero-order chi connectivity index (χ0) is 14.7. The lowest BCUT2D eigenvalue weighted by atomic mass is 10.1. The van der Waals surface area contributed by atoms with Crippen LogP contribution in [0.1, 0.15) is 12.5 Å². The molecule has 0 radical (unpaired) electrons. The zero-order valence-corrected chi connectivity index (χ0v) is 12.7. The van der Waals surface area contributed by atoms with Crippen molar-refractivity contribution in [2.75, 3.05) is 34.4 Å². The Balaban J connectivity index is 2.24. The van der Waals surface area contributed by atoms with E-state index in [2.05, 4.69) is 11.8 Å². The van der Waals surface area contributed by atoms with Crippen molar-refractivity contribution in [3.8, 4) is 17.2 Å². The normalized spacial score (nSPS) is 22.9. The summed E-state index contributed by atoms with van der Waals surface area (Å²) in [5.41, 5.74) is 7.17.